The van der Waals surface area contributed by atoms with Crippen LogP contribution in [0.25, 0.3) is 0 Å². The fourth-order valence-corrected chi connectivity index (χ4v) is 2.89. The number of likely N-dealkylation sites (N-methyl/N-ethyl adjacent to an activating group) is 1. The summed E-state index contributed by atoms with van der Waals surface area (Å²) in [5, 5.41) is 4.17. The summed E-state index contributed by atoms with van der Waals surface area (Å²) in [6.45, 7) is 4.55. The molecule has 0 amide bonds. The van der Waals surface area contributed by atoms with Gasteiger partial charge in [-0.15, -0.1) is 0 Å². The van der Waals surface area contributed by atoms with E-state index < -0.39 is 0 Å². The molecular formula is C14H22BrNS. The maximum absolute atomic E-state index is 3.47. The van der Waals surface area contributed by atoms with E-state index in [-0.39, 0.29) is 0 Å². The van der Waals surface area contributed by atoms with Crippen molar-refractivity contribution in [3.63, 3.8) is 0 Å². The van der Waals surface area contributed by atoms with Crippen LogP contribution >= 0.6 is 27.7 Å². The van der Waals surface area contributed by atoms with E-state index in [1.165, 1.54) is 17.7 Å². The van der Waals surface area contributed by atoms with Crippen molar-refractivity contribution in [3.8, 4) is 0 Å². The zero-order chi connectivity index (χ0) is 12.7. The van der Waals surface area contributed by atoms with Crippen molar-refractivity contribution in [1.82, 2.24) is 5.32 Å². The molecule has 0 heterocycles. The first-order valence-electron chi connectivity index (χ1n) is 6.19. The van der Waals surface area contributed by atoms with E-state index in [0.29, 0.717) is 6.04 Å². The SMILES string of the molecule is CCC(C)SCC(Cc1ccc(Br)cc1)NC. The van der Waals surface area contributed by atoms with Crippen molar-refractivity contribution in [3.05, 3.63) is 34.3 Å². The smallest absolute Gasteiger partial charge is 0.0195 e. The molecule has 1 aromatic carbocycles. The van der Waals surface area contributed by atoms with Gasteiger partial charge in [-0.1, -0.05) is 41.9 Å². The highest BCUT2D eigenvalue weighted by Gasteiger charge is 2.09. The molecule has 17 heavy (non-hydrogen) atoms. The molecular weight excluding hydrogens is 294 g/mol. The number of hydrogen-bond donors (Lipinski definition) is 1. The predicted molar refractivity (Wildman–Crippen MR) is 82.9 cm³/mol. The van der Waals surface area contributed by atoms with Crippen LogP contribution in [-0.4, -0.2) is 24.1 Å². The minimum atomic E-state index is 0.565. The first-order valence-corrected chi connectivity index (χ1v) is 8.03. The van der Waals surface area contributed by atoms with Gasteiger partial charge in [-0.05, 0) is 37.6 Å². The van der Waals surface area contributed by atoms with E-state index in [1.54, 1.807) is 0 Å². The summed E-state index contributed by atoms with van der Waals surface area (Å²) in [5.41, 5.74) is 1.40. The van der Waals surface area contributed by atoms with Gasteiger partial charge in [-0.3, -0.25) is 0 Å². The molecule has 0 aliphatic rings. The van der Waals surface area contributed by atoms with Gasteiger partial charge in [0, 0.05) is 21.5 Å². The van der Waals surface area contributed by atoms with Crippen molar-refractivity contribution >= 4 is 27.7 Å². The Hall–Kier alpha value is 0.01000. The summed E-state index contributed by atoms with van der Waals surface area (Å²) in [4.78, 5) is 0. The van der Waals surface area contributed by atoms with E-state index in [1.807, 2.05) is 0 Å². The van der Waals surface area contributed by atoms with Crippen LogP contribution in [-0.2, 0) is 6.42 Å². The van der Waals surface area contributed by atoms with Gasteiger partial charge in [0.2, 0.25) is 0 Å². The Morgan fingerprint density at radius 1 is 1.29 bits per heavy atom. The van der Waals surface area contributed by atoms with Crippen molar-refractivity contribution in [1.29, 1.82) is 0 Å². The minimum absolute atomic E-state index is 0.565. The molecule has 0 spiro atoms. The van der Waals surface area contributed by atoms with Gasteiger partial charge in [0.15, 0.2) is 0 Å². The summed E-state index contributed by atoms with van der Waals surface area (Å²) >= 11 is 5.53. The molecule has 1 nitrogen and oxygen atoms in total. The van der Waals surface area contributed by atoms with Crippen LogP contribution in [0, 0.1) is 0 Å². The fraction of sp³-hybridized carbons (Fsp3) is 0.571. The summed E-state index contributed by atoms with van der Waals surface area (Å²) in [5.74, 6) is 1.18. The first kappa shape index (κ1) is 15.1. The van der Waals surface area contributed by atoms with E-state index in [4.69, 9.17) is 0 Å². The molecule has 2 unspecified atom stereocenters. The third kappa shape index (κ3) is 5.94. The van der Waals surface area contributed by atoms with Gasteiger partial charge < -0.3 is 5.32 Å². The number of rotatable bonds is 7. The van der Waals surface area contributed by atoms with Gasteiger partial charge in [0.05, 0.1) is 0 Å². The highest BCUT2D eigenvalue weighted by molar-refractivity contribution is 9.10. The number of benzene rings is 1. The van der Waals surface area contributed by atoms with Crippen LogP contribution in [0.15, 0.2) is 28.7 Å². The Labute approximate surface area is 118 Å². The monoisotopic (exact) mass is 315 g/mol. The molecule has 1 aromatic rings. The predicted octanol–water partition coefficient (Wildman–Crippen LogP) is 4.11. The lowest BCUT2D eigenvalue weighted by Gasteiger charge is -2.18. The summed E-state index contributed by atoms with van der Waals surface area (Å²) in [6, 6.07) is 9.19. The maximum Gasteiger partial charge on any atom is 0.0195 e. The highest BCUT2D eigenvalue weighted by Crippen LogP contribution is 2.17. The lowest BCUT2D eigenvalue weighted by Crippen LogP contribution is -2.30. The van der Waals surface area contributed by atoms with Crippen molar-refractivity contribution < 1.29 is 0 Å². The number of thioether (sulfide) groups is 1. The lowest BCUT2D eigenvalue weighted by molar-refractivity contribution is 0.616. The Kier molecular flexibility index (Phi) is 7.24. The second-order valence-electron chi connectivity index (χ2n) is 4.37. The molecule has 3 heteroatoms. The third-order valence-electron chi connectivity index (χ3n) is 2.96. The Balaban J connectivity index is 2.43. The largest absolute Gasteiger partial charge is 0.316 e. The highest BCUT2D eigenvalue weighted by atomic mass is 79.9. The molecule has 1 N–H and O–H groups in total. The molecule has 0 aliphatic carbocycles. The Morgan fingerprint density at radius 3 is 2.47 bits per heavy atom. The molecule has 96 valence electrons. The van der Waals surface area contributed by atoms with Gasteiger partial charge in [0.25, 0.3) is 0 Å². The van der Waals surface area contributed by atoms with Gasteiger partial charge in [-0.2, -0.15) is 11.8 Å². The summed E-state index contributed by atoms with van der Waals surface area (Å²) in [6.07, 6.45) is 2.35. The topological polar surface area (TPSA) is 12.0 Å². The van der Waals surface area contributed by atoms with Crippen LogP contribution in [0.2, 0.25) is 0 Å². The number of hydrogen-bond acceptors (Lipinski definition) is 2. The lowest BCUT2D eigenvalue weighted by atomic mass is 10.1. The maximum atomic E-state index is 3.47. The molecule has 0 radical (unpaired) electrons. The molecule has 0 aliphatic heterocycles. The van der Waals surface area contributed by atoms with E-state index in [2.05, 4.69) is 78.2 Å². The molecule has 2 atom stereocenters. The molecule has 0 saturated carbocycles. The first-order chi connectivity index (χ1) is 8.15. The Bertz CT molecular complexity index is 313. The summed E-state index contributed by atoms with van der Waals surface area (Å²) in [7, 11) is 2.06. The van der Waals surface area contributed by atoms with Crippen LogP contribution in [0.1, 0.15) is 25.8 Å². The van der Waals surface area contributed by atoms with Gasteiger partial charge in [-0.25, -0.2) is 0 Å². The van der Waals surface area contributed by atoms with E-state index in [9.17, 15) is 0 Å². The van der Waals surface area contributed by atoms with Crippen molar-refractivity contribution in [2.75, 3.05) is 12.8 Å². The third-order valence-corrected chi connectivity index (χ3v) is 4.99. The van der Waals surface area contributed by atoms with Crippen molar-refractivity contribution in [2.45, 2.75) is 38.0 Å². The zero-order valence-electron chi connectivity index (χ0n) is 10.9. The number of nitrogens with one attached hydrogen (secondary N) is 1. The van der Waals surface area contributed by atoms with Gasteiger partial charge >= 0.3 is 0 Å². The fourth-order valence-electron chi connectivity index (χ4n) is 1.55. The zero-order valence-corrected chi connectivity index (χ0v) is 13.3. The second-order valence-corrected chi connectivity index (χ2v) is 6.76. The standard InChI is InChI=1S/C14H22BrNS/c1-4-11(2)17-10-14(16-3)9-12-5-7-13(15)8-6-12/h5-8,11,14,16H,4,9-10H2,1-3H3. The molecule has 0 fully saturated rings. The molecule has 0 saturated heterocycles. The Morgan fingerprint density at radius 2 is 1.94 bits per heavy atom. The average molecular weight is 316 g/mol. The van der Waals surface area contributed by atoms with Crippen LogP contribution in [0.4, 0.5) is 0 Å². The van der Waals surface area contributed by atoms with E-state index in [0.717, 1.165) is 16.1 Å². The summed E-state index contributed by atoms with van der Waals surface area (Å²) < 4.78 is 1.15. The van der Waals surface area contributed by atoms with Crippen LogP contribution in [0.3, 0.4) is 0 Å². The molecule has 0 bridgehead atoms. The normalized spacial score (nSPS) is 14.6. The molecule has 0 aromatic heterocycles. The molecule has 1 rings (SSSR count). The number of halogens is 1. The van der Waals surface area contributed by atoms with Crippen LogP contribution in [0.5, 0.6) is 0 Å². The second kappa shape index (κ2) is 8.17. The van der Waals surface area contributed by atoms with Crippen molar-refractivity contribution in [2.24, 2.45) is 0 Å². The van der Waals surface area contributed by atoms with Crippen LogP contribution < -0.4 is 5.32 Å². The van der Waals surface area contributed by atoms with E-state index >= 15 is 0 Å². The van der Waals surface area contributed by atoms with Gasteiger partial charge in [0.1, 0.15) is 0 Å². The average Bonchev–Trinajstić information content (AvgIpc) is 2.36. The quantitative estimate of drug-likeness (QED) is 0.812. The minimum Gasteiger partial charge on any atom is -0.316 e.